The lowest BCUT2D eigenvalue weighted by Crippen LogP contribution is -2.46. The standard InChI is InChI=1S/C18H28N4O2/c1-15(2)22(18(23)24)10-4-3-9-20-11-13-21(14-12-20)17-7-5-16(19)6-8-17/h5-8H,1,3-4,9-14,19H2,2H3,(H,23,24). The monoisotopic (exact) mass is 332 g/mol. The molecule has 2 rings (SSSR count). The van der Waals surface area contributed by atoms with Gasteiger partial charge in [0.15, 0.2) is 0 Å². The van der Waals surface area contributed by atoms with E-state index in [1.807, 2.05) is 12.1 Å². The maximum absolute atomic E-state index is 11.1. The molecular weight excluding hydrogens is 304 g/mol. The van der Waals surface area contributed by atoms with Gasteiger partial charge in [-0.2, -0.15) is 0 Å². The minimum atomic E-state index is -0.917. The molecule has 1 aliphatic rings. The summed E-state index contributed by atoms with van der Waals surface area (Å²) < 4.78 is 0. The van der Waals surface area contributed by atoms with Gasteiger partial charge in [-0.3, -0.25) is 9.80 Å². The van der Waals surface area contributed by atoms with Crippen molar-refractivity contribution >= 4 is 17.5 Å². The molecule has 0 spiro atoms. The number of allylic oxidation sites excluding steroid dienone is 1. The largest absolute Gasteiger partial charge is 0.465 e. The van der Waals surface area contributed by atoms with E-state index in [4.69, 9.17) is 10.8 Å². The van der Waals surface area contributed by atoms with Crippen LogP contribution in [0, 0.1) is 0 Å². The smallest absolute Gasteiger partial charge is 0.411 e. The van der Waals surface area contributed by atoms with E-state index in [0.717, 1.165) is 51.3 Å². The number of piperazine rings is 1. The Bertz CT molecular complexity index is 537. The summed E-state index contributed by atoms with van der Waals surface area (Å²) in [7, 11) is 0. The number of carbonyl (C=O) groups is 1. The lowest BCUT2D eigenvalue weighted by molar-refractivity contribution is 0.157. The van der Waals surface area contributed by atoms with Crippen LogP contribution in [-0.2, 0) is 0 Å². The van der Waals surface area contributed by atoms with Crippen LogP contribution in [-0.4, -0.2) is 60.3 Å². The van der Waals surface area contributed by atoms with Crippen molar-refractivity contribution in [2.45, 2.75) is 19.8 Å². The molecule has 1 fully saturated rings. The minimum absolute atomic E-state index is 0.524. The van der Waals surface area contributed by atoms with Gasteiger partial charge in [0.1, 0.15) is 0 Å². The van der Waals surface area contributed by atoms with Crippen LogP contribution in [0.3, 0.4) is 0 Å². The van der Waals surface area contributed by atoms with E-state index in [9.17, 15) is 4.79 Å². The van der Waals surface area contributed by atoms with E-state index < -0.39 is 6.09 Å². The van der Waals surface area contributed by atoms with E-state index in [1.54, 1.807) is 6.92 Å². The van der Waals surface area contributed by atoms with Crippen LogP contribution in [0.2, 0.25) is 0 Å². The maximum atomic E-state index is 11.1. The van der Waals surface area contributed by atoms with Crippen molar-refractivity contribution in [1.82, 2.24) is 9.80 Å². The molecular formula is C18H28N4O2. The number of nitrogens with two attached hydrogens (primary N) is 1. The zero-order valence-electron chi connectivity index (χ0n) is 14.4. The number of amides is 1. The van der Waals surface area contributed by atoms with Gasteiger partial charge in [0.2, 0.25) is 0 Å². The average molecular weight is 332 g/mol. The summed E-state index contributed by atoms with van der Waals surface area (Å²) in [4.78, 5) is 17.2. The SMILES string of the molecule is C=C(C)N(CCCCN1CCN(c2ccc(N)cc2)CC1)C(=O)O. The lowest BCUT2D eigenvalue weighted by atomic mass is 10.2. The molecule has 6 nitrogen and oxygen atoms in total. The van der Waals surface area contributed by atoms with E-state index >= 15 is 0 Å². The third-order valence-corrected chi connectivity index (χ3v) is 4.43. The Morgan fingerprint density at radius 1 is 1.21 bits per heavy atom. The fraction of sp³-hybridized carbons (Fsp3) is 0.500. The van der Waals surface area contributed by atoms with Gasteiger partial charge < -0.3 is 15.7 Å². The van der Waals surface area contributed by atoms with Crippen molar-refractivity contribution in [1.29, 1.82) is 0 Å². The first-order chi connectivity index (χ1) is 11.5. The summed E-state index contributed by atoms with van der Waals surface area (Å²) in [6.45, 7) is 11.1. The highest BCUT2D eigenvalue weighted by molar-refractivity contribution is 5.67. The summed E-state index contributed by atoms with van der Waals surface area (Å²) in [6.07, 6.45) is 0.940. The number of nitrogens with zero attached hydrogens (tertiary/aromatic N) is 3. The molecule has 0 aliphatic carbocycles. The first kappa shape index (κ1) is 18.1. The first-order valence-corrected chi connectivity index (χ1v) is 8.46. The Kier molecular flexibility index (Phi) is 6.49. The van der Waals surface area contributed by atoms with Crippen molar-refractivity contribution in [3.63, 3.8) is 0 Å². The Balaban J connectivity index is 1.67. The van der Waals surface area contributed by atoms with Gasteiger partial charge in [-0.25, -0.2) is 4.79 Å². The van der Waals surface area contributed by atoms with Gasteiger partial charge in [-0.1, -0.05) is 6.58 Å². The quantitative estimate of drug-likeness (QED) is 0.593. The molecule has 1 aromatic rings. The first-order valence-electron chi connectivity index (χ1n) is 8.46. The predicted molar refractivity (Wildman–Crippen MR) is 98.3 cm³/mol. The van der Waals surface area contributed by atoms with Crippen LogP contribution in [0.15, 0.2) is 36.5 Å². The molecule has 0 atom stereocenters. The van der Waals surface area contributed by atoms with E-state index in [-0.39, 0.29) is 0 Å². The summed E-state index contributed by atoms with van der Waals surface area (Å²) in [5, 5.41) is 9.09. The van der Waals surface area contributed by atoms with Crippen molar-refractivity contribution in [2.24, 2.45) is 0 Å². The van der Waals surface area contributed by atoms with E-state index in [1.165, 1.54) is 10.6 Å². The molecule has 0 saturated carbocycles. The number of hydrogen-bond acceptors (Lipinski definition) is 4. The molecule has 6 heteroatoms. The third-order valence-electron chi connectivity index (χ3n) is 4.43. The number of benzene rings is 1. The van der Waals surface area contributed by atoms with Gasteiger partial charge in [0.05, 0.1) is 0 Å². The Morgan fingerprint density at radius 2 is 1.83 bits per heavy atom. The second-order valence-corrected chi connectivity index (χ2v) is 6.30. The number of carboxylic acid groups (broad SMARTS) is 1. The summed E-state index contributed by atoms with van der Waals surface area (Å²) >= 11 is 0. The molecule has 1 aliphatic heterocycles. The number of unbranched alkanes of at least 4 members (excludes halogenated alkanes) is 1. The minimum Gasteiger partial charge on any atom is -0.465 e. The third kappa shape index (κ3) is 5.16. The molecule has 1 amide bonds. The van der Waals surface area contributed by atoms with Crippen LogP contribution in [0.1, 0.15) is 19.8 Å². The van der Waals surface area contributed by atoms with Gasteiger partial charge in [0, 0.05) is 49.8 Å². The second-order valence-electron chi connectivity index (χ2n) is 6.30. The molecule has 1 saturated heterocycles. The van der Waals surface area contributed by atoms with Crippen LogP contribution in [0.25, 0.3) is 0 Å². The zero-order chi connectivity index (χ0) is 17.5. The van der Waals surface area contributed by atoms with Crippen LogP contribution in [0.5, 0.6) is 0 Å². The molecule has 0 radical (unpaired) electrons. The second kappa shape index (κ2) is 8.59. The van der Waals surface area contributed by atoms with Gasteiger partial charge in [0.25, 0.3) is 0 Å². The fourth-order valence-corrected chi connectivity index (χ4v) is 2.97. The van der Waals surface area contributed by atoms with Gasteiger partial charge in [-0.15, -0.1) is 0 Å². The molecule has 0 unspecified atom stereocenters. The number of rotatable bonds is 7. The van der Waals surface area contributed by atoms with Crippen molar-refractivity contribution in [2.75, 3.05) is 49.9 Å². The number of anilines is 2. The Labute approximate surface area is 144 Å². The maximum Gasteiger partial charge on any atom is 0.411 e. The number of hydrogen-bond donors (Lipinski definition) is 2. The lowest BCUT2D eigenvalue weighted by Gasteiger charge is -2.36. The summed E-state index contributed by atoms with van der Waals surface area (Å²) in [5.41, 5.74) is 8.33. The highest BCUT2D eigenvalue weighted by Gasteiger charge is 2.17. The van der Waals surface area contributed by atoms with Crippen LogP contribution in [0.4, 0.5) is 16.2 Å². The number of nitrogen functional groups attached to an aromatic ring is 1. The molecule has 0 bridgehead atoms. The van der Waals surface area contributed by atoms with E-state index in [0.29, 0.717) is 12.2 Å². The molecule has 1 heterocycles. The van der Waals surface area contributed by atoms with Gasteiger partial charge in [-0.05, 0) is 50.6 Å². The fourth-order valence-electron chi connectivity index (χ4n) is 2.97. The van der Waals surface area contributed by atoms with Gasteiger partial charge >= 0.3 is 6.09 Å². The van der Waals surface area contributed by atoms with Crippen molar-refractivity contribution in [3.05, 3.63) is 36.5 Å². The summed E-state index contributed by atoms with van der Waals surface area (Å²) in [6, 6.07) is 8.03. The predicted octanol–water partition coefficient (Wildman–Crippen LogP) is 2.68. The van der Waals surface area contributed by atoms with Crippen molar-refractivity contribution in [3.8, 4) is 0 Å². The normalized spacial score (nSPS) is 15.3. The van der Waals surface area contributed by atoms with E-state index in [2.05, 4.69) is 28.5 Å². The Morgan fingerprint density at radius 3 is 2.38 bits per heavy atom. The molecule has 132 valence electrons. The average Bonchev–Trinajstić information content (AvgIpc) is 2.55. The molecule has 0 aromatic heterocycles. The van der Waals surface area contributed by atoms with Crippen molar-refractivity contribution < 1.29 is 9.90 Å². The highest BCUT2D eigenvalue weighted by atomic mass is 16.4. The van der Waals surface area contributed by atoms with Crippen LogP contribution < -0.4 is 10.6 Å². The molecule has 24 heavy (non-hydrogen) atoms. The zero-order valence-corrected chi connectivity index (χ0v) is 14.4. The molecule has 1 aromatic carbocycles. The van der Waals surface area contributed by atoms with Crippen LogP contribution >= 0.6 is 0 Å². The summed E-state index contributed by atoms with van der Waals surface area (Å²) in [5.74, 6) is 0. The topological polar surface area (TPSA) is 73.0 Å². The molecule has 3 N–H and O–H groups in total. The highest BCUT2D eigenvalue weighted by Crippen LogP contribution is 2.18. The Hall–Kier alpha value is -2.21.